The maximum atomic E-state index is 12.0. The average Bonchev–Trinajstić information content (AvgIpc) is 2.42. The van der Waals surface area contributed by atoms with Gasteiger partial charge in [0.15, 0.2) is 0 Å². The zero-order chi connectivity index (χ0) is 15.0. The van der Waals surface area contributed by atoms with Crippen LogP contribution in [0.3, 0.4) is 0 Å². The second-order valence-corrected chi connectivity index (χ2v) is 4.58. The van der Waals surface area contributed by atoms with Crippen LogP contribution in [0.15, 0.2) is 30.3 Å². The van der Waals surface area contributed by atoms with Crippen LogP contribution in [-0.2, 0) is 9.59 Å². The van der Waals surface area contributed by atoms with Crippen molar-refractivity contribution in [2.75, 3.05) is 18.8 Å². The molecular weight excluding hydrogens is 254 g/mol. The maximum absolute atomic E-state index is 12.0. The van der Waals surface area contributed by atoms with Gasteiger partial charge in [-0.05, 0) is 30.2 Å². The number of hydrogen-bond donors (Lipinski definition) is 2. The fourth-order valence-electron chi connectivity index (χ4n) is 1.68. The van der Waals surface area contributed by atoms with Gasteiger partial charge in [0.1, 0.15) is 0 Å². The molecule has 1 aromatic carbocycles. The second kappa shape index (κ2) is 7.99. The summed E-state index contributed by atoms with van der Waals surface area (Å²) in [5.74, 6) is -0.718. The van der Waals surface area contributed by atoms with Crippen LogP contribution in [0.2, 0.25) is 0 Å². The molecule has 0 atom stereocenters. The molecule has 20 heavy (non-hydrogen) atoms. The van der Waals surface area contributed by atoms with Gasteiger partial charge in [-0.25, -0.2) is 0 Å². The van der Waals surface area contributed by atoms with Crippen LogP contribution in [0, 0.1) is 0 Å². The number of primary amides is 1. The predicted octanol–water partition coefficient (Wildman–Crippen LogP) is 1.40. The minimum Gasteiger partial charge on any atom is -0.399 e. The fourth-order valence-corrected chi connectivity index (χ4v) is 1.68. The summed E-state index contributed by atoms with van der Waals surface area (Å²) in [7, 11) is 0. The molecule has 0 aliphatic carbocycles. The van der Waals surface area contributed by atoms with Crippen LogP contribution < -0.4 is 11.5 Å². The zero-order valence-electron chi connectivity index (χ0n) is 11.7. The highest BCUT2D eigenvalue weighted by Crippen LogP contribution is 2.07. The topological polar surface area (TPSA) is 89.4 Å². The van der Waals surface area contributed by atoms with E-state index in [2.05, 4.69) is 0 Å². The van der Waals surface area contributed by atoms with E-state index in [0.29, 0.717) is 12.2 Å². The Balaban J connectivity index is 2.68. The Kier molecular flexibility index (Phi) is 6.29. The Bertz CT molecular complexity index is 480. The number of benzene rings is 1. The van der Waals surface area contributed by atoms with Gasteiger partial charge < -0.3 is 16.4 Å². The molecule has 108 valence electrons. The summed E-state index contributed by atoms with van der Waals surface area (Å²) in [4.78, 5) is 24.5. The Labute approximate surface area is 119 Å². The van der Waals surface area contributed by atoms with Gasteiger partial charge in [-0.15, -0.1) is 0 Å². The summed E-state index contributed by atoms with van der Waals surface area (Å²) in [6.45, 7) is 2.51. The van der Waals surface area contributed by atoms with Gasteiger partial charge in [0, 0.05) is 18.3 Å². The van der Waals surface area contributed by atoms with Gasteiger partial charge in [-0.3, -0.25) is 9.59 Å². The summed E-state index contributed by atoms with van der Waals surface area (Å²) in [6.07, 6.45) is 4.94. The van der Waals surface area contributed by atoms with E-state index in [4.69, 9.17) is 11.5 Å². The lowest BCUT2D eigenvalue weighted by molar-refractivity contribution is -0.131. The standard InChI is InChI=1S/C15H21N3O2/c1-2-3-10-18(11-14(17)19)15(20)9-6-12-4-7-13(16)8-5-12/h4-9H,2-3,10-11,16H2,1H3,(H2,17,19)/b9-6+. The lowest BCUT2D eigenvalue weighted by Gasteiger charge is -2.18. The quantitative estimate of drug-likeness (QED) is 0.582. The first kappa shape index (κ1) is 15.8. The largest absolute Gasteiger partial charge is 0.399 e. The van der Waals surface area contributed by atoms with Crippen molar-refractivity contribution in [1.29, 1.82) is 0 Å². The van der Waals surface area contributed by atoms with Crippen molar-refractivity contribution in [3.63, 3.8) is 0 Å². The van der Waals surface area contributed by atoms with E-state index in [-0.39, 0.29) is 12.5 Å². The van der Waals surface area contributed by atoms with Crippen LogP contribution in [0.4, 0.5) is 5.69 Å². The molecule has 5 nitrogen and oxygen atoms in total. The summed E-state index contributed by atoms with van der Waals surface area (Å²) < 4.78 is 0. The van der Waals surface area contributed by atoms with Crippen LogP contribution in [0.25, 0.3) is 6.08 Å². The highest BCUT2D eigenvalue weighted by Gasteiger charge is 2.12. The number of unbranched alkanes of at least 4 members (excludes halogenated alkanes) is 1. The third-order valence-electron chi connectivity index (χ3n) is 2.79. The molecule has 0 radical (unpaired) electrons. The molecule has 0 bridgehead atoms. The molecule has 0 unspecified atom stereocenters. The van der Waals surface area contributed by atoms with Gasteiger partial charge in [-0.1, -0.05) is 25.5 Å². The van der Waals surface area contributed by atoms with E-state index < -0.39 is 5.91 Å². The first-order valence-electron chi connectivity index (χ1n) is 6.63. The average molecular weight is 275 g/mol. The van der Waals surface area contributed by atoms with Crippen LogP contribution in [-0.4, -0.2) is 29.8 Å². The molecule has 0 heterocycles. The number of rotatable bonds is 7. The smallest absolute Gasteiger partial charge is 0.247 e. The highest BCUT2D eigenvalue weighted by atomic mass is 16.2. The molecule has 0 fully saturated rings. The number of nitrogens with zero attached hydrogens (tertiary/aromatic N) is 1. The summed E-state index contributed by atoms with van der Waals surface area (Å²) >= 11 is 0. The minimum atomic E-state index is -0.504. The molecular formula is C15H21N3O2. The van der Waals surface area contributed by atoms with Crippen molar-refractivity contribution in [2.24, 2.45) is 5.73 Å². The lowest BCUT2D eigenvalue weighted by Crippen LogP contribution is -2.38. The molecule has 0 aliphatic rings. The fraction of sp³-hybridized carbons (Fsp3) is 0.333. The molecule has 0 saturated heterocycles. The van der Waals surface area contributed by atoms with Crippen LogP contribution in [0.5, 0.6) is 0 Å². The van der Waals surface area contributed by atoms with Crippen molar-refractivity contribution >= 4 is 23.6 Å². The maximum Gasteiger partial charge on any atom is 0.247 e. The van der Waals surface area contributed by atoms with E-state index in [1.807, 2.05) is 19.1 Å². The van der Waals surface area contributed by atoms with E-state index in [0.717, 1.165) is 18.4 Å². The van der Waals surface area contributed by atoms with Gasteiger partial charge in [0.05, 0.1) is 6.54 Å². The second-order valence-electron chi connectivity index (χ2n) is 4.58. The van der Waals surface area contributed by atoms with Crippen molar-refractivity contribution in [3.05, 3.63) is 35.9 Å². The SMILES string of the molecule is CCCCN(CC(N)=O)C(=O)/C=C/c1ccc(N)cc1. The molecule has 1 aromatic rings. The Morgan fingerprint density at radius 2 is 1.90 bits per heavy atom. The number of carbonyl (C=O) groups excluding carboxylic acids is 2. The summed E-state index contributed by atoms with van der Waals surface area (Å²) in [6, 6.07) is 7.18. The van der Waals surface area contributed by atoms with E-state index >= 15 is 0 Å². The number of nitrogen functional groups attached to an aromatic ring is 1. The lowest BCUT2D eigenvalue weighted by atomic mass is 10.2. The Morgan fingerprint density at radius 1 is 1.25 bits per heavy atom. The van der Waals surface area contributed by atoms with Crippen LogP contribution >= 0.6 is 0 Å². The molecule has 5 heteroatoms. The minimum absolute atomic E-state index is 0.0507. The van der Waals surface area contributed by atoms with Gasteiger partial charge >= 0.3 is 0 Å². The van der Waals surface area contributed by atoms with E-state index in [1.54, 1.807) is 18.2 Å². The first-order valence-corrected chi connectivity index (χ1v) is 6.63. The van der Waals surface area contributed by atoms with E-state index in [1.165, 1.54) is 11.0 Å². The molecule has 4 N–H and O–H groups in total. The molecule has 0 aliphatic heterocycles. The zero-order valence-corrected chi connectivity index (χ0v) is 11.7. The monoisotopic (exact) mass is 275 g/mol. The molecule has 1 rings (SSSR count). The van der Waals surface area contributed by atoms with Crippen molar-refractivity contribution < 1.29 is 9.59 Å². The number of carbonyl (C=O) groups is 2. The van der Waals surface area contributed by atoms with Gasteiger partial charge in [0.2, 0.25) is 11.8 Å². The third-order valence-corrected chi connectivity index (χ3v) is 2.79. The van der Waals surface area contributed by atoms with Gasteiger partial charge in [-0.2, -0.15) is 0 Å². The predicted molar refractivity (Wildman–Crippen MR) is 80.6 cm³/mol. The number of amides is 2. The van der Waals surface area contributed by atoms with E-state index in [9.17, 15) is 9.59 Å². The number of nitrogens with two attached hydrogens (primary N) is 2. The molecule has 0 spiro atoms. The van der Waals surface area contributed by atoms with Crippen molar-refractivity contribution in [2.45, 2.75) is 19.8 Å². The molecule has 0 aromatic heterocycles. The van der Waals surface area contributed by atoms with Gasteiger partial charge in [0.25, 0.3) is 0 Å². The van der Waals surface area contributed by atoms with Crippen LogP contribution in [0.1, 0.15) is 25.3 Å². The highest BCUT2D eigenvalue weighted by molar-refractivity contribution is 5.94. The molecule has 0 saturated carbocycles. The van der Waals surface area contributed by atoms with Crippen molar-refractivity contribution in [1.82, 2.24) is 4.90 Å². The summed E-state index contributed by atoms with van der Waals surface area (Å²) in [5.41, 5.74) is 12.3. The normalized spacial score (nSPS) is 10.7. The number of hydrogen-bond acceptors (Lipinski definition) is 3. The number of anilines is 1. The summed E-state index contributed by atoms with van der Waals surface area (Å²) in [5, 5.41) is 0. The van der Waals surface area contributed by atoms with Crippen molar-refractivity contribution in [3.8, 4) is 0 Å². The third kappa shape index (κ3) is 5.56. The molecule has 2 amide bonds. The Morgan fingerprint density at radius 3 is 2.45 bits per heavy atom. The first-order chi connectivity index (χ1) is 9.52. The Hall–Kier alpha value is -2.30.